The molecule has 8 nitrogen and oxygen atoms in total. The van der Waals surface area contributed by atoms with Crippen LogP contribution in [-0.2, 0) is 13.1 Å². The molecule has 1 fully saturated rings. The zero-order valence-corrected chi connectivity index (χ0v) is 17.2. The zero-order valence-electron chi connectivity index (χ0n) is 17.2. The van der Waals surface area contributed by atoms with Crippen LogP contribution in [0.2, 0.25) is 0 Å². The van der Waals surface area contributed by atoms with Gasteiger partial charge in [-0.3, -0.25) is 4.79 Å². The van der Waals surface area contributed by atoms with Crippen molar-refractivity contribution in [3.8, 4) is 11.5 Å². The van der Waals surface area contributed by atoms with Crippen LogP contribution in [-0.4, -0.2) is 58.4 Å². The Balaban J connectivity index is 1.42. The van der Waals surface area contributed by atoms with Crippen molar-refractivity contribution in [2.45, 2.75) is 45.7 Å². The maximum atomic E-state index is 13.0. The van der Waals surface area contributed by atoms with E-state index in [2.05, 4.69) is 20.1 Å². The van der Waals surface area contributed by atoms with E-state index >= 15 is 0 Å². The Kier molecular flexibility index (Phi) is 5.99. The van der Waals surface area contributed by atoms with Gasteiger partial charge in [0.25, 0.3) is 5.91 Å². The predicted molar refractivity (Wildman–Crippen MR) is 108 cm³/mol. The molecule has 156 valence electrons. The molecule has 2 aliphatic heterocycles. The SMILES string of the molecule is CCOc1ccc(C(=O)N2CCC(c3nnc4n3CCNC4)CC2)cc1OCC. The third-order valence-corrected chi connectivity index (χ3v) is 5.59. The highest BCUT2D eigenvalue weighted by Gasteiger charge is 2.29. The van der Waals surface area contributed by atoms with Crippen LogP contribution in [0.15, 0.2) is 18.2 Å². The van der Waals surface area contributed by atoms with E-state index in [0.717, 1.165) is 57.2 Å². The molecular weight excluding hydrogens is 370 g/mol. The second-order valence-electron chi connectivity index (χ2n) is 7.40. The Morgan fingerprint density at radius 1 is 1.10 bits per heavy atom. The van der Waals surface area contributed by atoms with Crippen molar-refractivity contribution in [2.75, 3.05) is 32.8 Å². The highest BCUT2D eigenvalue weighted by molar-refractivity contribution is 5.95. The van der Waals surface area contributed by atoms with Gasteiger partial charge in [0, 0.05) is 37.7 Å². The number of carbonyl (C=O) groups excluding carboxylic acids is 1. The summed E-state index contributed by atoms with van der Waals surface area (Å²) in [5.41, 5.74) is 0.640. The molecule has 2 aromatic rings. The molecule has 4 rings (SSSR count). The molecular formula is C21H29N5O3. The van der Waals surface area contributed by atoms with Gasteiger partial charge in [0.15, 0.2) is 11.5 Å². The van der Waals surface area contributed by atoms with E-state index in [-0.39, 0.29) is 5.91 Å². The van der Waals surface area contributed by atoms with Gasteiger partial charge < -0.3 is 24.3 Å². The minimum absolute atomic E-state index is 0.0416. The highest BCUT2D eigenvalue weighted by Crippen LogP contribution is 2.31. The lowest BCUT2D eigenvalue weighted by Gasteiger charge is -2.32. The Bertz CT molecular complexity index is 858. The van der Waals surface area contributed by atoms with Gasteiger partial charge in [0.2, 0.25) is 0 Å². The van der Waals surface area contributed by atoms with Crippen LogP contribution in [0.4, 0.5) is 0 Å². The topological polar surface area (TPSA) is 81.5 Å². The number of ether oxygens (including phenoxy) is 2. The summed E-state index contributed by atoms with van der Waals surface area (Å²) in [4.78, 5) is 15.0. The predicted octanol–water partition coefficient (Wildman–Crippen LogP) is 2.20. The first-order valence-corrected chi connectivity index (χ1v) is 10.5. The molecule has 1 amide bonds. The first-order chi connectivity index (χ1) is 14.2. The quantitative estimate of drug-likeness (QED) is 0.802. The van der Waals surface area contributed by atoms with E-state index in [4.69, 9.17) is 9.47 Å². The first-order valence-electron chi connectivity index (χ1n) is 10.5. The number of carbonyl (C=O) groups is 1. The highest BCUT2D eigenvalue weighted by atomic mass is 16.5. The number of nitrogens with one attached hydrogen (secondary N) is 1. The summed E-state index contributed by atoms with van der Waals surface area (Å²) in [5.74, 6) is 3.79. The summed E-state index contributed by atoms with van der Waals surface area (Å²) < 4.78 is 13.5. The molecule has 2 aliphatic rings. The molecule has 0 aliphatic carbocycles. The number of nitrogens with zero attached hydrogens (tertiary/aromatic N) is 4. The van der Waals surface area contributed by atoms with E-state index in [0.29, 0.717) is 36.2 Å². The van der Waals surface area contributed by atoms with Gasteiger partial charge in [0.05, 0.1) is 19.8 Å². The Labute approximate surface area is 171 Å². The maximum Gasteiger partial charge on any atom is 0.253 e. The van der Waals surface area contributed by atoms with Gasteiger partial charge in [-0.25, -0.2) is 0 Å². The number of hydrogen-bond donors (Lipinski definition) is 1. The number of amides is 1. The van der Waals surface area contributed by atoms with Crippen molar-refractivity contribution in [3.63, 3.8) is 0 Å². The number of likely N-dealkylation sites (tertiary alicyclic amines) is 1. The molecule has 1 saturated heterocycles. The molecule has 0 unspecified atom stereocenters. The average molecular weight is 399 g/mol. The fraction of sp³-hybridized carbons (Fsp3) is 0.571. The van der Waals surface area contributed by atoms with Gasteiger partial charge in [-0.2, -0.15) is 0 Å². The number of fused-ring (bicyclic) bond motifs is 1. The van der Waals surface area contributed by atoms with Crippen LogP contribution in [0.3, 0.4) is 0 Å². The summed E-state index contributed by atoms with van der Waals surface area (Å²) in [7, 11) is 0. The van der Waals surface area contributed by atoms with Gasteiger partial charge in [-0.05, 0) is 44.9 Å². The molecule has 0 spiro atoms. The van der Waals surface area contributed by atoms with Crippen LogP contribution in [0.25, 0.3) is 0 Å². The summed E-state index contributed by atoms with van der Waals surface area (Å²) in [6, 6.07) is 5.44. The van der Waals surface area contributed by atoms with Crippen molar-refractivity contribution in [1.82, 2.24) is 25.0 Å². The van der Waals surface area contributed by atoms with Crippen molar-refractivity contribution in [2.24, 2.45) is 0 Å². The van der Waals surface area contributed by atoms with Crippen molar-refractivity contribution < 1.29 is 14.3 Å². The lowest BCUT2D eigenvalue weighted by Crippen LogP contribution is -2.39. The molecule has 3 heterocycles. The first kappa shape index (κ1) is 19.7. The summed E-state index contributed by atoms with van der Waals surface area (Å²) >= 11 is 0. The summed E-state index contributed by atoms with van der Waals surface area (Å²) in [6.07, 6.45) is 1.82. The van der Waals surface area contributed by atoms with Crippen LogP contribution < -0.4 is 14.8 Å². The number of aromatic nitrogens is 3. The van der Waals surface area contributed by atoms with Crippen LogP contribution in [0, 0.1) is 0 Å². The molecule has 1 aromatic heterocycles. The second kappa shape index (κ2) is 8.82. The second-order valence-corrected chi connectivity index (χ2v) is 7.40. The van der Waals surface area contributed by atoms with E-state index in [1.54, 1.807) is 6.07 Å². The fourth-order valence-corrected chi connectivity index (χ4v) is 4.12. The maximum absolute atomic E-state index is 13.0. The largest absolute Gasteiger partial charge is 0.490 e. The molecule has 0 atom stereocenters. The lowest BCUT2D eigenvalue weighted by molar-refractivity contribution is 0.0709. The summed E-state index contributed by atoms with van der Waals surface area (Å²) in [5, 5.41) is 12.1. The summed E-state index contributed by atoms with van der Waals surface area (Å²) in [6.45, 7) is 9.05. The molecule has 1 N–H and O–H groups in total. The fourth-order valence-electron chi connectivity index (χ4n) is 4.12. The number of rotatable bonds is 6. The third kappa shape index (κ3) is 4.07. The van der Waals surface area contributed by atoms with Crippen LogP contribution in [0.1, 0.15) is 54.6 Å². The molecule has 8 heteroatoms. The number of piperidine rings is 1. The van der Waals surface area contributed by atoms with Gasteiger partial charge in [-0.15, -0.1) is 10.2 Å². The molecule has 1 aromatic carbocycles. The van der Waals surface area contributed by atoms with Crippen LogP contribution >= 0.6 is 0 Å². The van der Waals surface area contributed by atoms with E-state index < -0.39 is 0 Å². The molecule has 29 heavy (non-hydrogen) atoms. The van der Waals surface area contributed by atoms with Gasteiger partial charge >= 0.3 is 0 Å². The van der Waals surface area contributed by atoms with Crippen molar-refractivity contribution >= 4 is 5.91 Å². The zero-order chi connectivity index (χ0) is 20.2. The molecule has 0 saturated carbocycles. The third-order valence-electron chi connectivity index (χ3n) is 5.59. The van der Waals surface area contributed by atoms with E-state index in [9.17, 15) is 4.79 Å². The smallest absolute Gasteiger partial charge is 0.253 e. The normalized spacial score (nSPS) is 17.1. The average Bonchev–Trinajstić information content (AvgIpc) is 3.19. The molecule has 0 radical (unpaired) electrons. The van der Waals surface area contributed by atoms with E-state index in [1.165, 1.54) is 0 Å². The minimum Gasteiger partial charge on any atom is -0.490 e. The van der Waals surface area contributed by atoms with E-state index in [1.807, 2.05) is 30.9 Å². The minimum atomic E-state index is 0.0416. The Morgan fingerprint density at radius 2 is 1.86 bits per heavy atom. The Morgan fingerprint density at radius 3 is 2.62 bits per heavy atom. The lowest BCUT2D eigenvalue weighted by atomic mass is 9.95. The monoisotopic (exact) mass is 399 g/mol. The Hall–Kier alpha value is -2.61. The number of hydrogen-bond acceptors (Lipinski definition) is 6. The van der Waals surface area contributed by atoms with Gasteiger partial charge in [-0.1, -0.05) is 0 Å². The van der Waals surface area contributed by atoms with Gasteiger partial charge in [0.1, 0.15) is 11.6 Å². The van der Waals surface area contributed by atoms with Crippen molar-refractivity contribution in [1.29, 1.82) is 0 Å². The van der Waals surface area contributed by atoms with Crippen LogP contribution in [0.5, 0.6) is 11.5 Å². The molecule has 0 bridgehead atoms. The standard InChI is InChI=1S/C21H29N5O3/c1-3-28-17-6-5-16(13-18(17)29-4-2)21(27)25-10-7-15(8-11-25)20-24-23-19-14-22-9-12-26(19)20/h5-6,13,15,22H,3-4,7-12,14H2,1-2H3. The number of benzene rings is 1. The van der Waals surface area contributed by atoms with Crippen molar-refractivity contribution in [3.05, 3.63) is 35.4 Å².